The average Bonchev–Trinajstić information content (AvgIpc) is 2.26. The molecule has 2 nitrogen and oxygen atoms in total. The molecule has 0 bridgehead atoms. The molecule has 0 aromatic heterocycles. The lowest BCUT2D eigenvalue weighted by molar-refractivity contribution is 0.177. The Morgan fingerprint density at radius 3 is 2.47 bits per heavy atom. The van der Waals surface area contributed by atoms with Gasteiger partial charge >= 0.3 is 0 Å². The zero-order valence-corrected chi connectivity index (χ0v) is 12.1. The van der Waals surface area contributed by atoms with Gasteiger partial charge in [0.1, 0.15) is 0 Å². The molecule has 1 aliphatic rings. The van der Waals surface area contributed by atoms with E-state index in [2.05, 4.69) is 13.8 Å². The van der Waals surface area contributed by atoms with Crippen LogP contribution in [0.4, 0.5) is 4.39 Å². The first kappa shape index (κ1) is 14.3. The molecule has 1 aliphatic carbocycles. The standard InChI is InChI=1S/C16H24FNO/c1-11(2)9-15(18)16(7-4-8-16)12-5-6-14(19-3)13(17)10-12/h5-6,10-11,15H,4,7-9,18H2,1-3H3. The first-order valence-corrected chi connectivity index (χ1v) is 7.09. The lowest BCUT2D eigenvalue weighted by Crippen LogP contribution is -2.51. The molecule has 0 spiro atoms. The molecule has 3 heteroatoms. The molecule has 1 aromatic rings. The van der Waals surface area contributed by atoms with Crippen LogP contribution in [-0.4, -0.2) is 13.2 Å². The molecular formula is C16H24FNO. The fourth-order valence-corrected chi connectivity index (χ4v) is 3.14. The molecule has 0 amide bonds. The van der Waals surface area contributed by atoms with Gasteiger partial charge in [-0.15, -0.1) is 0 Å². The third kappa shape index (κ3) is 2.62. The summed E-state index contributed by atoms with van der Waals surface area (Å²) in [6, 6.07) is 5.40. The Labute approximate surface area is 115 Å². The summed E-state index contributed by atoms with van der Waals surface area (Å²) in [6.07, 6.45) is 4.28. The molecule has 1 unspecified atom stereocenters. The summed E-state index contributed by atoms with van der Waals surface area (Å²) in [6.45, 7) is 4.36. The first-order valence-electron chi connectivity index (χ1n) is 7.09. The summed E-state index contributed by atoms with van der Waals surface area (Å²) in [4.78, 5) is 0. The van der Waals surface area contributed by atoms with Gasteiger partial charge in [-0.1, -0.05) is 26.3 Å². The van der Waals surface area contributed by atoms with E-state index in [0.29, 0.717) is 11.7 Å². The van der Waals surface area contributed by atoms with Crippen LogP contribution in [0.3, 0.4) is 0 Å². The third-order valence-electron chi connectivity index (χ3n) is 4.41. The number of hydrogen-bond acceptors (Lipinski definition) is 2. The van der Waals surface area contributed by atoms with Crippen LogP contribution in [0.15, 0.2) is 18.2 Å². The molecule has 1 atom stereocenters. The second-order valence-electron chi connectivity index (χ2n) is 6.10. The Morgan fingerprint density at radius 2 is 2.05 bits per heavy atom. The lowest BCUT2D eigenvalue weighted by Gasteiger charge is -2.47. The molecule has 0 radical (unpaired) electrons. The van der Waals surface area contributed by atoms with Crippen LogP contribution in [0.1, 0.15) is 45.1 Å². The minimum Gasteiger partial charge on any atom is -0.494 e. The quantitative estimate of drug-likeness (QED) is 0.882. The maximum absolute atomic E-state index is 13.9. The SMILES string of the molecule is COc1ccc(C2(C(N)CC(C)C)CCC2)cc1F. The highest BCUT2D eigenvalue weighted by Gasteiger charge is 2.44. The van der Waals surface area contributed by atoms with Crippen LogP contribution in [0, 0.1) is 11.7 Å². The number of halogens is 1. The maximum Gasteiger partial charge on any atom is 0.165 e. The predicted octanol–water partition coefficient (Wildman–Crippen LogP) is 3.63. The summed E-state index contributed by atoms with van der Waals surface area (Å²) < 4.78 is 18.9. The summed E-state index contributed by atoms with van der Waals surface area (Å²) in [5, 5.41) is 0. The van der Waals surface area contributed by atoms with Gasteiger partial charge in [-0.25, -0.2) is 4.39 Å². The van der Waals surface area contributed by atoms with Gasteiger partial charge in [0.05, 0.1) is 7.11 Å². The molecule has 1 fully saturated rings. The van der Waals surface area contributed by atoms with Gasteiger partial charge in [-0.3, -0.25) is 0 Å². The van der Waals surface area contributed by atoms with Crippen molar-refractivity contribution in [1.82, 2.24) is 0 Å². The molecule has 2 rings (SSSR count). The van der Waals surface area contributed by atoms with E-state index < -0.39 is 0 Å². The Balaban J connectivity index is 2.28. The monoisotopic (exact) mass is 265 g/mol. The molecule has 0 aliphatic heterocycles. The molecule has 106 valence electrons. The predicted molar refractivity (Wildman–Crippen MR) is 75.9 cm³/mol. The van der Waals surface area contributed by atoms with Crippen molar-refractivity contribution in [2.24, 2.45) is 11.7 Å². The van der Waals surface area contributed by atoms with Crippen molar-refractivity contribution in [3.05, 3.63) is 29.6 Å². The topological polar surface area (TPSA) is 35.2 Å². The number of hydrogen-bond donors (Lipinski definition) is 1. The van der Waals surface area contributed by atoms with E-state index in [0.717, 1.165) is 24.8 Å². The Bertz CT molecular complexity index is 440. The zero-order valence-electron chi connectivity index (χ0n) is 12.1. The molecule has 0 heterocycles. The van der Waals surface area contributed by atoms with Crippen LogP contribution >= 0.6 is 0 Å². The first-order chi connectivity index (χ1) is 8.99. The Morgan fingerprint density at radius 1 is 1.37 bits per heavy atom. The van der Waals surface area contributed by atoms with Gasteiger partial charge < -0.3 is 10.5 Å². The van der Waals surface area contributed by atoms with Crippen LogP contribution in [0.2, 0.25) is 0 Å². The van der Waals surface area contributed by atoms with Crippen molar-refractivity contribution in [2.45, 2.75) is 51.0 Å². The van der Waals surface area contributed by atoms with Crippen molar-refractivity contribution in [3.8, 4) is 5.75 Å². The molecule has 19 heavy (non-hydrogen) atoms. The number of ether oxygens (including phenoxy) is 1. The van der Waals surface area contributed by atoms with Crippen LogP contribution in [-0.2, 0) is 5.41 Å². The number of nitrogens with two attached hydrogens (primary N) is 1. The van der Waals surface area contributed by atoms with E-state index in [1.54, 1.807) is 12.1 Å². The fraction of sp³-hybridized carbons (Fsp3) is 0.625. The molecule has 2 N–H and O–H groups in total. The van der Waals surface area contributed by atoms with Gasteiger partial charge in [0.15, 0.2) is 11.6 Å². The zero-order chi connectivity index (χ0) is 14.0. The fourth-order valence-electron chi connectivity index (χ4n) is 3.14. The third-order valence-corrected chi connectivity index (χ3v) is 4.41. The van der Waals surface area contributed by atoms with Crippen molar-refractivity contribution >= 4 is 0 Å². The smallest absolute Gasteiger partial charge is 0.165 e. The Kier molecular flexibility index (Phi) is 4.14. The van der Waals surface area contributed by atoms with E-state index in [9.17, 15) is 4.39 Å². The highest BCUT2D eigenvalue weighted by atomic mass is 19.1. The maximum atomic E-state index is 13.9. The van der Waals surface area contributed by atoms with Crippen molar-refractivity contribution < 1.29 is 9.13 Å². The lowest BCUT2D eigenvalue weighted by atomic mass is 9.59. The number of methoxy groups -OCH3 is 1. The minimum atomic E-state index is -0.289. The largest absolute Gasteiger partial charge is 0.494 e. The van der Waals surface area contributed by atoms with Gasteiger partial charge in [0.2, 0.25) is 0 Å². The average molecular weight is 265 g/mol. The van der Waals surface area contributed by atoms with Crippen molar-refractivity contribution in [1.29, 1.82) is 0 Å². The van der Waals surface area contributed by atoms with Gasteiger partial charge in [0.25, 0.3) is 0 Å². The Hall–Kier alpha value is -1.09. The van der Waals surface area contributed by atoms with E-state index >= 15 is 0 Å². The summed E-state index contributed by atoms with van der Waals surface area (Å²) >= 11 is 0. The van der Waals surface area contributed by atoms with E-state index in [1.807, 2.05) is 6.07 Å². The summed E-state index contributed by atoms with van der Waals surface area (Å²) in [5.74, 6) is 0.578. The molecule has 1 aromatic carbocycles. The second kappa shape index (κ2) is 5.49. The molecule has 1 saturated carbocycles. The van der Waals surface area contributed by atoms with E-state index in [-0.39, 0.29) is 17.3 Å². The van der Waals surface area contributed by atoms with Gasteiger partial charge in [-0.2, -0.15) is 0 Å². The second-order valence-corrected chi connectivity index (χ2v) is 6.10. The highest BCUT2D eigenvalue weighted by molar-refractivity contribution is 5.36. The van der Waals surface area contributed by atoms with Gasteiger partial charge in [-0.05, 0) is 42.9 Å². The highest BCUT2D eigenvalue weighted by Crippen LogP contribution is 2.47. The summed E-state index contributed by atoms with van der Waals surface area (Å²) in [7, 11) is 1.49. The normalized spacial score (nSPS) is 19.1. The van der Waals surface area contributed by atoms with Gasteiger partial charge in [0, 0.05) is 11.5 Å². The van der Waals surface area contributed by atoms with Crippen LogP contribution in [0.5, 0.6) is 5.75 Å². The summed E-state index contributed by atoms with van der Waals surface area (Å²) in [5.41, 5.74) is 7.42. The van der Waals surface area contributed by atoms with Crippen molar-refractivity contribution in [2.75, 3.05) is 7.11 Å². The molecular weight excluding hydrogens is 241 g/mol. The van der Waals surface area contributed by atoms with Crippen LogP contribution in [0.25, 0.3) is 0 Å². The number of rotatable bonds is 5. The minimum absolute atomic E-state index is 0.0304. The van der Waals surface area contributed by atoms with Crippen LogP contribution < -0.4 is 10.5 Å². The van der Waals surface area contributed by atoms with E-state index in [1.165, 1.54) is 13.5 Å². The number of benzene rings is 1. The molecule has 0 saturated heterocycles. The van der Waals surface area contributed by atoms with E-state index in [4.69, 9.17) is 10.5 Å². The van der Waals surface area contributed by atoms with Crippen molar-refractivity contribution in [3.63, 3.8) is 0 Å².